The minimum absolute atomic E-state index is 0.0428. The lowest BCUT2D eigenvalue weighted by Gasteiger charge is -2.31. The monoisotopic (exact) mass is 459 g/mol. The van der Waals surface area contributed by atoms with Crippen molar-refractivity contribution in [1.29, 1.82) is 0 Å². The lowest BCUT2D eigenvalue weighted by Crippen LogP contribution is -2.45. The minimum atomic E-state index is -4.84. The van der Waals surface area contributed by atoms with E-state index in [0.717, 1.165) is 39.0 Å². The van der Waals surface area contributed by atoms with E-state index in [4.69, 9.17) is 14.6 Å². The number of carbonyl (C=O) groups excluding carboxylic acids is 1. The molecule has 0 N–H and O–H groups in total. The molecule has 174 valence electrons. The Morgan fingerprint density at radius 3 is 2.00 bits per heavy atom. The lowest BCUT2D eigenvalue weighted by molar-refractivity contribution is -0.186. The Morgan fingerprint density at radius 1 is 0.939 bits per heavy atom. The number of halogens is 3. The molecule has 1 aliphatic rings. The van der Waals surface area contributed by atoms with Gasteiger partial charge in [-0.3, -0.25) is 4.79 Å². The van der Waals surface area contributed by atoms with Gasteiger partial charge >= 0.3 is 12.1 Å². The zero-order valence-corrected chi connectivity index (χ0v) is 18.3. The van der Waals surface area contributed by atoms with E-state index in [0.29, 0.717) is 12.8 Å². The van der Waals surface area contributed by atoms with Crippen LogP contribution < -0.4 is 9.47 Å². The van der Waals surface area contributed by atoms with Crippen LogP contribution in [-0.4, -0.2) is 54.1 Å². The van der Waals surface area contributed by atoms with Crippen molar-refractivity contribution in [3.05, 3.63) is 60.3 Å². The maximum Gasteiger partial charge on any atom is 0.471 e. The molecule has 1 aromatic heterocycles. The highest BCUT2D eigenvalue weighted by Crippen LogP contribution is 2.34. The predicted octanol–water partition coefficient (Wildman–Crippen LogP) is 4.82. The molecule has 2 aromatic carbocycles. The number of ether oxygens (including phenoxy) is 2. The van der Waals surface area contributed by atoms with Crippen LogP contribution in [0.5, 0.6) is 11.5 Å². The third-order valence-corrected chi connectivity index (χ3v) is 5.87. The third-order valence-electron chi connectivity index (χ3n) is 5.87. The summed E-state index contributed by atoms with van der Waals surface area (Å²) in [7, 11) is 3.20. The summed E-state index contributed by atoms with van der Waals surface area (Å²) >= 11 is 0. The van der Waals surface area contributed by atoms with E-state index < -0.39 is 12.1 Å². The van der Waals surface area contributed by atoms with Crippen LogP contribution >= 0.6 is 0 Å². The zero-order chi connectivity index (χ0) is 23.6. The van der Waals surface area contributed by atoms with Gasteiger partial charge in [-0.1, -0.05) is 0 Å². The van der Waals surface area contributed by atoms with Crippen LogP contribution in [0.4, 0.5) is 13.2 Å². The molecule has 1 saturated heterocycles. The smallest absolute Gasteiger partial charge is 0.471 e. The second kappa shape index (κ2) is 9.17. The van der Waals surface area contributed by atoms with Crippen molar-refractivity contribution < 1.29 is 27.4 Å². The summed E-state index contributed by atoms with van der Waals surface area (Å²) in [6, 6.07) is 17.0. The number of rotatable bonds is 5. The van der Waals surface area contributed by atoms with E-state index in [-0.39, 0.29) is 19.0 Å². The van der Waals surface area contributed by atoms with Crippen molar-refractivity contribution in [2.75, 3.05) is 27.3 Å². The molecule has 0 spiro atoms. The van der Waals surface area contributed by atoms with Gasteiger partial charge in [-0.2, -0.15) is 18.3 Å². The van der Waals surface area contributed by atoms with Crippen molar-refractivity contribution >= 4 is 5.91 Å². The van der Waals surface area contributed by atoms with Crippen molar-refractivity contribution in [3.63, 3.8) is 0 Å². The highest BCUT2D eigenvalue weighted by Gasteiger charge is 2.43. The van der Waals surface area contributed by atoms with Gasteiger partial charge in [0.25, 0.3) is 0 Å². The normalized spacial score (nSPS) is 14.9. The van der Waals surface area contributed by atoms with E-state index in [1.165, 1.54) is 0 Å². The Balaban J connectivity index is 1.64. The van der Waals surface area contributed by atoms with Gasteiger partial charge in [0.05, 0.1) is 31.3 Å². The zero-order valence-electron chi connectivity index (χ0n) is 18.3. The molecular weight excluding hydrogens is 435 g/mol. The van der Waals surface area contributed by atoms with Crippen molar-refractivity contribution in [2.24, 2.45) is 0 Å². The summed E-state index contributed by atoms with van der Waals surface area (Å²) in [6.45, 7) is 0.104. The van der Waals surface area contributed by atoms with Crippen LogP contribution in [-0.2, 0) is 4.79 Å². The molecule has 1 fully saturated rings. The first-order chi connectivity index (χ1) is 15.8. The fourth-order valence-corrected chi connectivity index (χ4v) is 4.04. The number of alkyl halides is 3. The van der Waals surface area contributed by atoms with Gasteiger partial charge in [0.1, 0.15) is 11.5 Å². The molecule has 3 aromatic rings. The second-order valence-electron chi connectivity index (χ2n) is 7.86. The number of piperidine rings is 1. The number of amides is 1. The molecule has 1 amide bonds. The second-order valence-corrected chi connectivity index (χ2v) is 7.86. The summed E-state index contributed by atoms with van der Waals surface area (Å²) < 4.78 is 50.6. The molecule has 4 rings (SSSR count). The topological polar surface area (TPSA) is 56.6 Å². The van der Waals surface area contributed by atoms with Crippen LogP contribution in [0.2, 0.25) is 0 Å². The molecule has 0 atom stereocenters. The van der Waals surface area contributed by atoms with Crippen LogP contribution in [0.1, 0.15) is 24.5 Å². The average molecular weight is 459 g/mol. The van der Waals surface area contributed by atoms with Gasteiger partial charge in [-0.15, -0.1) is 0 Å². The van der Waals surface area contributed by atoms with Gasteiger partial charge in [-0.05, 0) is 67.4 Å². The number of hydrogen-bond acceptors (Lipinski definition) is 4. The summed E-state index contributed by atoms with van der Waals surface area (Å²) in [5.41, 5.74) is 3.40. The SMILES string of the molecule is COc1ccc(-c2cc(C3CCN(C(=O)C(F)(F)F)CC3)nn2-c2ccc(OC)cc2)cc1. The minimum Gasteiger partial charge on any atom is -0.497 e. The lowest BCUT2D eigenvalue weighted by atomic mass is 9.93. The maximum atomic E-state index is 12.8. The third kappa shape index (κ3) is 4.81. The van der Waals surface area contributed by atoms with Gasteiger partial charge < -0.3 is 14.4 Å². The van der Waals surface area contributed by atoms with E-state index in [2.05, 4.69) is 0 Å². The van der Waals surface area contributed by atoms with Crippen molar-refractivity contribution in [3.8, 4) is 28.4 Å². The van der Waals surface area contributed by atoms with Gasteiger partial charge in [-0.25, -0.2) is 4.68 Å². The Bertz CT molecular complexity index is 1040. The molecule has 1 aliphatic heterocycles. The largest absolute Gasteiger partial charge is 0.497 e. The molecule has 33 heavy (non-hydrogen) atoms. The van der Waals surface area contributed by atoms with Crippen LogP contribution in [0, 0.1) is 0 Å². The molecule has 2 heterocycles. The van der Waals surface area contributed by atoms with E-state index in [1.807, 2.05) is 59.3 Å². The number of carbonyl (C=O) groups is 1. The molecule has 0 bridgehead atoms. The Labute approximate surface area is 189 Å². The summed E-state index contributed by atoms with van der Waals surface area (Å²) in [5, 5.41) is 4.82. The molecule has 0 radical (unpaired) electrons. The fourth-order valence-electron chi connectivity index (χ4n) is 4.04. The van der Waals surface area contributed by atoms with Gasteiger partial charge in [0, 0.05) is 24.6 Å². The van der Waals surface area contributed by atoms with Crippen LogP contribution in [0.15, 0.2) is 54.6 Å². The number of aromatic nitrogens is 2. The molecule has 0 aliphatic carbocycles. The quantitative estimate of drug-likeness (QED) is 0.549. The van der Waals surface area contributed by atoms with E-state index >= 15 is 0 Å². The Hall–Kier alpha value is -3.49. The Kier molecular flexibility index (Phi) is 6.31. The maximum absolute atomic E-state index is 12.8. The Morgan fingerprint density at radius 2 is 1.48 bits per heavy atom. The first kappa shape index (κ1) is 22.7. The number of methoxy groups -OCH3 is 2. The summed E-state index contributed by atoms with van der Waals surface area (Å²) in [6.07, 6.45) is -4.00. The predicted molar refractivity (Wildman–Crippen MR) is 117 cm³/mol. The molecular formula is C24H24F3N3O3. The number of hydrogen-bond donors (Lipinski definition) is 0. The summed E-state index contributed by atoms with van der Waals surface area (Å²) in [4.78, 5) is 12.4. The first-order valence-electron chi connectivity index (χ1n) is 10.5. The number of likely N-dealkylation sites (tertiary alicyclic amines) is 1. The molecule has 0 saturated carbocycles. The van der Waals surface area contributed by atoms with E-state index in [1.54, 1.807) is 14.2 Å². The van der Waals surface area contributed by atoms with Crippen molar-refractivity contribution in [2.45, 2.75) is 24.9 Å². The highest BCUT2D eigenvalue weighted by molar-refractivity contribution is 5.82. The van der Waals surface area contributed by atoms with Crippen LogP contribution in [0.3, 0.4) is 0 Å². The number of nitrogens with zero attached hydrogens (tertiary/aromatic N) is 3. The van der Waals surface area contributed by atoms with E-state index in [9.17, 15) is 18.0 Å². The fraction of sp³-hybridized carbons (Fsp3) is 0.333. The van der Waals surface area contributed by atoms with Crippen molar-refractivity contribution in [1.82, 2.24) is 14.7 Å². The van der Waals surface area contributed by atoms with Crippen LogP contribution in [0.25, 0.3) is 16.9 Å². The molecule has 9 heteroatoms. The molecule has 6 nitrogen and oxygen atoms in total. The number of benzene rings is 2. The first-order valence-corrected chi connectivity index (χ1v) is 10.5. The van der Waals surface area contributed by atoms with Gasteiger partial charge in [0.15, 0.2) is 0 Å². The highest BCUT2D eigenvalue weighted by atomic mass is 19.4. The standard InChI is InChI=1S/C24H24F3N3O3/c1-32-19-7-3-17(4-8-19)22-15-21(28-30(22)18-5-9-20(33-2)10-6-18)16-11-13-29(14-12-16)23(31)24(25,26)27/h3-10,15-16H,11-14H2,1-2H3. The molecule has 0 unspecified atom stereocenters. The average Bonchev–Trinajstić information content (AvgIpc) is 3.28. The van der Waals surface area contributed by atoms with Gasteiger partial charge in [0.2, 0.25) is 0 Å². The summed E-state index contributed by atoms with van der Waals surface area (Å²) in [5.74, 6) is -0.363.